The molecule has 8 heteroatoms. The van der Waals surface area contributed by atoms with Crippen molar-refractivity contribution in [1.29, 1.82) is 0 Å². The maximum atomic E-state index is 12.6. The molecular formula is C18H14ClF3N2OS. The third kappa shape index (κ3) is 4.68. The Kier molecular flexibility index (Phi) is 5.38. The molecule has 1 aromatic heterocycles. The van der Waals surface area contributed by atoms with Crippen LogP contribution in [0.1, 0.15) is 16.0 Å². The Labute approximate surface area is 157 Å². The van der Waals surface area contributed by atoms with Gasteiger partial charge in [0.25, 0.3) is 0 Å². The minimum absolute atomic E-state index is 0.345. The molecule has 0 radical (unpaired) electrons. The smallest absolute Gasteiger partial charge is 0.416 e. The van der Waals surface area contributed by atoms with E-state index >= 15 is 0 Å². The lowest BCUT2D eigenvalue weighted by Crippen LogP contribution is -2.04. The number of thiazole rings is 1. The van der Waals surface area contributed by atoms with E-state index < -0.39 is 11.7 Å². The second kappa shape index (κ2) is 7.55. The first kappa shape index (κ1) is 18.5. The molecule has 0 amide bonds. The lowest BCUT2D eigenvalue weighted by atomic mass is 10.2. The molecule has 0 fully saturated rings. The maximum Gasteiger partial charge on any atom is 0.416 e. The van der Waals surface area contributed by atoms with Gasteiger partial charge in [-0.2, -0.15) is 13.2 Å². The summed E-state index contributed by atoms with van der Waals surface area (Å²) >= 11 is 7.21. The first-order valence-electron chi connectivity index (χ1n) is 7.61. The average Bonchev–Trinajstić information content (AvgIpc) is 2.99. The van der Waals surface area contributed by atoms with Gasteiger partial charge >= 0.3 is 6.18 Å². The highest BCUT2D eigenvalue weighted by molar-refractivity contribution is 7.15. The average molecular weight is 399 g/mol. The number of halogens is 4. The molecule has 0 spiro atoms. The zero-order valence-electron chi connectivity index (χ0n) is 13.6. The zero-order valence-corrected chi connectivity index (χ0v) is 15.2. The fourth-order valence-electron chi connectivity index (χ4n) is 2.29. The molecule has 0 saturated carbocycles. The molecule has 2 aromatic carbocycles. The fourth-order valence-corrected chi connectivity index (χ4v) is 3.21. The summed E-state index contributed by atoms with van der Waals surface area (Å²) in [6.45, 7) is 2.52. The molecule has 0 unspecified atom stereocenters. The Balaban J connectivity index is 1.65. The number of ether oxygens (including phenoxy) is 1. The predicted molar refractivity (Wildman–Crippen MR) is 97.1 cm³/mol. The van der Waals surface area contributed by atoms with Crippen molar-refractivity contribution in [2.75, 3.05) is 5.32 Å². The standard InChI is InChI=1S/C18H14ClF3N2OS/c1-11-8-14(25-13-4-2-12(3-5-13)18(20,21)22)6-7-16(11)23-9-15-10-24-17(19)26-15/h2-8,10,23H,9H2,1H3. The first-order valence-corrected chi connectivity index (χ1v) is 8.80. The number of rotatable bonds is 5. The van der Waals surface area contributed by atoms with Crippen molar-refractivity contribution in [2.24, 2.45) is 0 Å². The summed E-state index contributed by atoms with van der Waals surface area (Å²) in [6, 6.07) is 10.0. The van der Waals surface area contributed by atoms with Gasteiger partial charge in [-0.25, -0.2) is 4.98 Å². The normalized spacial score (nSPS) is 11.4. The van der Waals surface area contributed by atoms with Gasteiger partial charge in [0.15, 0.2) is 4.47 Å². The Morgan fingerprint density at radius 2 is 1.81 bits per heavy atom. The second-order valence-electron chi connectivity index (χ2n) is 5.53. The van der Waals surface area contributed by atoms with Crippen LogP contribution in [0.3, 0.4) is 0 Å². The molecule has 26 heavy (non-hydrogen) atoms. The number of nitrogens with zero attached hydrogens (tertiary/aromatic N) is 1. The van der Waals surface area contributed by atoms with Crippen LogP contribution in [0.5, 0.6) is 11.5 Å². The number of aryl methyl sites for hydroxylation is 1. The molecule has 0 aliphatic rings. The van der Waals surface area contributed by atoms with Crippen molar-refractivity contribution in [3.8, 4) is 11.5 Å². The van der Waals surface area contributed by atoms with Gasteiger partial charge in [0.05, 0.1) is 12.1 Å². The quantitative estimate of drug-likeness (QED) is 0.530. The highest BCUT2D eigenvalue weighted by atomic mass is 35.5. The lowest BCUT2D eigenvalue weighted by molar-refractivity contribution is -0.137. The molecule has 136 valence electrons. The highest BCUT2D eigenvalue weighted by Gasteiger charge is 2.30. The summed E-state index contributed by atoms with van der Waals surface area (Å²) < 4.78 is 43.9. The first-order chi connectivity index (χ1) is 12.3. The minimum atomic E-state index is -4.36. The topological polar surface area (TPSA) is 34.1 Å². The summed E-state index contributed by atoms with van der Waals surface area (Å²) in [5, 5.41) is 3.29. The van der Waals surface area contributed by atoms with E-state index in [1.54, 1.807) is 12.3 Å². The number of anilines is 1. The Bertz CT molecular complexity index is 894. The van der Waals surface area contributed by atoms with E-state index in [9.17, 15) is 13.2 Å². The monoisotopic (exact) mass is 398 g/mol. The fraction of sp³-hybridized carbons (Fsp3) is 0.167. The predicted octanol–water partition coefficient (Wildman–Crippen LogP) is 6.53. The van der Waals surface area contributed by atoms with Crippen LogP contribution in [0.15, 0.2) is 48.7 Å². The van der Waals surface area contributed by atoms with E-state index in [4.69, 9.17) is 16.3 Å². The zero-order chi connectivity index (χ0) is 18.7. The van der Waals surface area contributed by atoms with E-state index in [0.29, 0.717) is 22.5 Å². The van der Waals surface area contributed by atoms with Gasteiger partial charge in [0.2, 0.25) is 0 Å². The summed E-state index contributed by atoms with van der Waals surface area (Å²) in [4.78, 5) is 5.00. The van der Waals surface area contributed by atoms with E-state index in [-0.39, 0.29) is 0 Å². The second-order valence-corrected chi connectivity index (χ2v) is 7.23. The molecule has 3 nitrogen and oxygen atoms in total. The number of aromatic nitrogens is 1. The van der Waals surface area contributed by atoms with Crippen LogP contribution in [0, 0.1) is 6.92 Å². The van der Waals surface area contributed by atoms with Crippen molar-refractivity contribution < 1.29 is 17.9 Å². The number of benzene rings is 2. The Hall–Kier alpha value is -2.25. The summed E-state index contributed by atoms with van der Waals surface area (Å²) in [5.41, 5.74) is 1.17. The Morgan fingerprint density at radius 1 is 1.12 bits per heavy atom. The van der Waals surface area contributed by atoms with Crippen LogP contribution >= 0.6 is 22.9 Å². The molecule has 0 saturated heterocycles. The van der Waals surface area contributed by atoms with Crippen molar-refractivity contribution in [3.63, 3.8) is 0 Å². The van der Waals surface area contributed by atoms with Crippen molar-refractivity contribution in [3.05, 3.63) is 69.1 Å². The van der Waals surface area contributed by atoms with Gasteiger partial charge in [-0.1, -0.05) is 11.6 Å². The molecule has 0 atom stereocenters. The van der Waals surface area contributed by atoms with E-state index in [1.807, 2.05) is 19.1 Å². The molecule has 1 N–H and O–H groups in total. The van der Waals surface area contributed by atoms with Gasteiger partial charge in [0, 0.05) is 16.8 Å². The number of hydrogen-bond donors (Lipinski definition) is 1. The van der Waals surface area contributed by atoms with Gasteiger partial charge in [-0.15, -0.1) is 11.3 Å². The summed E-state index contributed by atoms with van der Waals surface area (Å²) in [5.74, 6) is 0.894. The van der Waals surface area contributed by atoms with Gasteiger partial charge in [-0.05, 0) is 55.0 Å². The van der Waals surface area contributed by atoms with Crippen LogP contribution in [0.25, 0.3) is 0 Å². The largest absolute Gasteiger partial charge is 0.457 e. The molecule has 1 heterocycles. The SMILES string of the molecule is Cc1cc(Oc2ccc(C(F)(F)F)cc2)ccc1NCc1cnc(Cl)s1. The van der Waals surface area contributed by atoms with Crippen LogP contribution in [0.4, 0.5) is 18.9 Å². The van der Waals surface area contributed by atoms with Crippen LogP contribution in [-0.4, -0.2) is 4.98 Å². The molecule has 0 aliphatic heterocycles. The highest BCUT2D eigenvalue weighted by Crippen LogP contribution is 2.32. The van der Waals surface area contributed by atoms with Gasteiger partial charge in [0.1, 0.15) is 11.5 Å². The lowest BCUT2D eigenvalue weighted by Gasteiger charge is -2.12. The molecular weight excluding hydrogens is 385 g/mol. The number of hydrogen-bond acceptors (Lipinski definition) is 4. The van der Waals surface area contributed by atoms with Crippen LogP contribution in [0.2, 0.25) is 4.47 Å². The van der Waals surface area contributed by atoms with Crippen molar-refractivity contribution in [1.82, 2.24) is 4.98 Å². The maximum absolute atomic E-state index is 12.6. The molecule has 0 aliphatic carbocycles. The van der Waals surface area contributed by atoms with E-state index in [0.717, 1.165) is 28.3 Å². The van der Waals surface area contributed by atoms with E-state index in [2.05, 4.69) is 10.3 Å². The Morgan fingerprint density at radius 3 is 2.38 bits per heavy atom. The van der Waals surface area contributed by atoms with E-state index in [1.165, 1.54) is 23.5 Å². The van der Waals surface area contributed by atoms with Crippen molar-refractivity contribution >= 4 is 28.6 Å². The van der Waals surface area contributed by atoms with Crippen molar-refractivity contribution in [2.45, 2.75) is 19.6 Å². The third-order valence-corrected chi connectivity index (χ3v) is 4.71. The number of alkyl halides is 3. The third-order valence-electron chi connectivity index (χ3n) is 3.59. The minimum Gasteiger partial charge on any atom is -0.457 e. The van der Waals surface area contributed by atoms with Crippen LogP contribution in [-0.2, 0) is 12.7 Å². The van der Waals surface area contributed by atoms with Gasteiger partial charge < -0.3 is 10.1 Å². The molecule has 3 aromatic rings. The summed E-state index contributed by atoms with van der Waals surface area (Å²) in [7, 11) is 0. The summed E-state index contributed by atoms with van der Waals surface area (Å²) in [6.07, 6.45) is -2.64. The van der Waals surface area contributed by atoms with Crippen LogP contribution < -0.4 is 10.1 Å². The molecule has 3 rings (SSSR count). The number of nitrogens with one attached hydrogen (secondary N) is 1. The van der Waals surface area contributed by atoms with Gasteiger partial charge in [-0.3, -0.25) is 0 Å². The molecule has 0 bridgehead atoms.